The zero-order valence-electron chi connectivity index (χ0n) is 19.5. The van der Waals surface area contributed by atoms with Crippen LogP contribution in [0.3, 0.4) is 0 Å². The monoisotopic (exact) mass is 530 g/mol. The maximum atomic E-state index is 9.14. The van der Waals surface area contributed by atoms with Gasteiger partial charge in [0.1, 0.15) is 11.1 Å². The third-order valence-electron chi connectivity index (χ3n) is 6.03. The van der Waals surface area contributed by atoms with Gasteiger partial charge in [0.15, 0.2) is 5.01 Å². The van der Waals surface area contributed by atoms with Crippen LogP contribution in [0.1, 0.15) is 56.0 Å². The highest BCUT2D eigenvalue weighted by Crippen LogP contribution is 2.38. The average Bonchev–Trinajstić information content (AvgIpc) is 3.46. The Kier molecular flexibility index (Phi) is 8.67. The fourth-order valence-electron chi connectivity index (χ4n) is 4.33. The van der Waals surface area contributed by atoms with Crippen molar-refractivity contribution in [2.45, 2.75) is 57.5 Å². The minimum absolute atomic E-state index is 0. The quantitative estimate of drug-likeness (QED) is 0.352. The van der Waals surface area contributed by atoms with Gasteiger partial charge in [0, 0.05) is 29.9 Å². The Labute approximate surface area is 220 Å². The largest absolute Gasteiger partial charge is 0.382 e. The molecule has 0 unspecified atom stereocenters. The molecule has 1 aliphatic rings. The van der Waals surface area contributed by atoms with Gasteiger partial charge in [0.05, 0.1) is 34.2 Å². The Hall–Kier alpha value is -2.77. The van der Waals surface area contributed by atoms with E-state index < -0.39 is 0 Å². The molecule has 184 valence electrons. The third-order valence-corrected chi connectivity index (χ3v) is 7.15. The van der Waals surface area contributed by atoms with E-state index in [-0.39, 0.29) is 30.9 Å². The summed E-state index contributed by atoms with van der Waals surface area (Å²) >= 11 is 1.65. The molecule has 0 spiro atoms. The fourth-order valence-corrected chi connectivity index (χ4v) is 5.36. The Balaban J connectivity index is 0.00000171. The van der Waals surface area contributed by atoms with Crippen LogP contribution < -0.4 is 11.1 Å². The molecule has 4 aromatic heterocycles. The minimum Gasteiger partial charge on any atom is -0.382 e. The number of aromatic nitrogens is 5. The highest BCUT2D eigenvalue weighted by atomic mass is 35.5. The standard InChI is InChI=1S/C24H26N8S.2ClH/c1-14(2)29-20-10-21(22-8-7-18-9-15(11-25)12-28-32(18)22)27-13-19(20)24-31-30-23(33-24)16-3-5-17(26)6-4-16;;/h7-10,12-14,16-17H,3-6,26H2,1-2H3,(H,27,29);2*1H. The zero-order valence-corrected chi connectivity index (χ0v) is 22.0. The first-order valence-corrected chi connectivity index (χ1v) is 12.1. The van der Waals surface area contributed by atoms with Gasteiger partial charge in [0.2, 0.25) is 0 Å². The summed E-state index contributed by atoms with van der Waals surface area (Å²) in [7, 11) is 0. The summed E-state index contributed by atoms with van der Waals surface area (Å²) in [6.07, 6.45) is 7.68. The molecule has 1 saturated carbocycles. The van der Waals surface area contributed by atoms with E-state index >= 15 is 0 Å². The molecule has 35 heavy (non-hydrogen) atoms. The molecule has 0 radical (unpaired) electrons. The van der Waals surface area contributed by atoms with Gasteiger partial charge < -0.3 is 11.1 Å². The highest BCUT2D eigenvalue weighted by molar-refractivity contribution is 7.14. The smallest absolute Gasteiger partial charge is 0.151 e. The number of nitrogens with zero attached hydrogens (tertiary/aromatic N) is 6. The normalized spacial score (nSPS) is 17.5. The number of rotatable bonds is 5. The molecule has 0 aliphatic heterocycles. The number of hydrogen-bond donors (Lipinski definition) is 2. The van der Waals surface area contributed by atoms with Crippen molar-refractivity contribution in [3.8, 4) is 28.0 Å². The van der Waals surface area contributed by atoms with E-state index in [9.17, 15) is 0 Å². The number of hydrogen-bond acceptors (Lipinski definition) is 8. The van der Waals surface area contributed by atoms with Crippen molar-refractivity contribution in [1.29, 1.82) is 5.26 Å². The second-order valence-electron chi connectivity index (χ2n) is 8.88. The molecule has 8 nitrogen and oxygen atoms in total. The molecule has 0 amide bonds. The van der Waals surface area contributed by atoms with E-state index in [1.54, 1.807) is 22.0 Å². The maximum absolute atomic E-state index is 9.14. The summed E-state index contributed by atoms with van der Waals surface area (Å²) in [6, 6.07) is 10.5. The Morgan fingerprint density at radius 2 is 1.89 bits per heavy atom. The van der Waals surface area contributed by atoms with Crippen molar-refractivity contribution < 1.29 is 0 Å². The molecule has 0 bridgehead atoms. The molecular formula is C24H28Cl2N8S. The second kappa shape index (κ2) is 11.3. The summed E-state index contributed by atoms with van der Waals surface area (Å²) in [4.78, 5) is 4.75. The van der Waals surface area contributed by atoms with Crippen LogP contribution in [0.2, 0.25) is 0 Å². The number of nitrogens with two attached hydrogens (primary N) is 1. The summed E-state index contributed by atoms with van der Waals surface area (Å²) in [5.41, 5.74) is 11.0. The predicted molar refractivity (Wildman–Crippen MR) is 144 cm³/mol. The Bertz CT molecular complexity index is 1340. The summed E-state index contributed by atoms with van der Waals surface area (Å²) < 4.78 is 1.80. The highest BCUT2D eigenvalue weighted by Gasteiger charge is 2.24. The number of pyridine rings is 1. The summed E-state index contributed by atoms with van der Waals surface area (Å²) in [5.74, 6) is 0.446. The molecule has 4 heterocycles. The van der Waals surface area contributed by atoms with Crippen molar-refractivity contribution in [2.24, 2.45) is 5.73 Å². The topological polar surface area (TPSA) is 118 Å². The first-order chi connectivity index (χ1) is 16.0. The van der Waals surface area contributed by atoms with E-state index in [4.69, 9.17) is 16.0 Å². The molecular weight excluding hydrogens is 503 g/mol. The number of nitrogens with one attached hydrogen (secondary N) is 1. The van der Waals surface area contributed by atoms with Crippen LogP contribution in [0, 0.1) is 11.3 Å². The van der Waals surface area contributed by atoms with E-state index in [0.717, 1.165) is 63.9 Å². The number of fused-ring (bicyclic) bond motifs is 1. The molecule has 0 aromatic carbocycles. The van der Waals surface area contributed by atoms with Crippen LogP contribution in [-0.2, 0) is 0 Å². The fraction of sp³-hybridized carbons (Fsp3) is 0.375. The van der Waals surface area contributed by atoms with Gasteiger partial charge in [-0.2, -0.15) is 10.4 Å². The number of nitriles is 1. The van der Waals surface area contributed by atoms with Crippen LogP contribution >= 0.6 is 36.2 Å². The molecule has 0 saturated heterocycles. The molecule has 11 heteroatoms. The number of halogens is 2. The van der Waals surface area contributed by atoms with Crippen LogP contribution in [0.4, 0.5) is 5.69 Å². The maximum Gasteiger partial charge on any atom is 0.151 e. The van der Waals surface area contributed by atoms with Gasteiger partial charge in [-0.25, -0.2) is 4.52 Å². The van der Waals surface area contributed by atoms with E-state index in [2.05, 4.69) is 40.5 Å². The van der Waals surface area contributed by atoms with Gasteiger partial charge >= 0.3 is 0 Å². The van der Waals surface area contributed by atoms with Crippen molar-refractivity contribution >= 4 is 47.4 Å². The van der Waals surface area contributed by atoms with Gasteiger partial charge in [-0.15, -0.1) is 35.0 Å². The average molecular weight is 532 g/mol. The lowest BCUT2D eigenvalue weighted by atomic mass is 9.87. The van der Waals surface area contributed by atoms with Gasteiger partial charge in [-0.3, -0.25) is 4.98 Å². The lowest BCUT2D eigenvalue weighted by Crippen LogP contribution is -2.25. The van der Waals surface area contributed by atoms with E-state index in [1.165, 1.54) is 0 Å². The van der Waals surface area contributed by atoms with E-state index in [0.29, 0.717) is 17.5 Å². The van der Waals surface area contributed by atoms with Crippen LogP contribution in [-0.4, -0.2) is 36.9 Å². The predicted octanol–water partition coefficient (Wildman–Crippen LogP) is 5.44. The van der Waals surface area contributed by atoms with Gasteiger partial charge in [-0.1, -0.05) is 11.3 Å². The molecule has 5 rings (SSSR count). The van der Waals surface area contributed by atoms with Crippen molar-refractivity contribution in [2.75, 3.05) is 5.32 Å². The zero-order chi connectivity index (χ0) is 22.9. The first kappa shape index (κ1) is 26.8. The Morgan fingerprint density at radius 1 is 1.11 bits per heavy atom. The van der Waals surface area contributed by atoms with Crippen molar-refractivity contribution in [1.82, 2.24) is 24.8 Å². The molecule has 1 fully saturated rings. The molecule has 1 aliphatic carbocycles. The lowest BCUT2D eigenvalue weighted by Gasteiger charge is -2.23. The second-order valence-corrected chi connectivity index (χ2v) is 9.89. The van der Waals surface area contributed by atoms with Gasteiger partial charge in [-0.05, 0) is 63.8 Å². The van der Waals surface area contributed by atoms with Gasteiger partial charge in [0.25, 0.3) is 0 Å². The van der Waals surface area contributed by atoms with Crippen LogP contribution in [0.25, 0.3) is 27.5 Å². The number of anilines is 1. The lowest BCUT2D eigenvalue weighted by molar-refractivity contribution is 0.393. The Morgan fingerprint density at radius 3 is 2.60 bits per heavy atom. The molecule has 0 atom stereocenters. The summed E-state index contributed by atoms with van der Waals surface area (Å²) in [5, 5.41) is 28.1. The molecule has 3 N–H and O–H groups in total. The summed E-state index contributed by atoms with van der Waals surface area (Å²) in [6.45, 7) is 4.22. The SMILES string of the molecule is CC(C)Nc1cc(-c2ccc3cc(C#N)cnn23)ncc1-c1nnc(C2CCC(N)CC2)s1.Cl.Cl. The minimum atomic E-state index is 0. The van der Waals surface area contributed by atoms with Crippen molar-refractivity contribution in [3.63, 3.8) is 0 Å². The van der Waals surface area contributed by atoms with Crippen LogP contribution in [0.15, 0.2) is 36.7 Å². The van der Waals surface area contributed by atoms with Crippen molar-refractivity contribution in [3.05, 3.63) is 47.2 Å². The van der Waals surface area contributed by atoms with Crippen LogP contribution in [0.5, 0.6) is 0 Å². The first-order valence-electron chi connectivity index (χ1n) is 11.3. The molecule has 4 aromatic rings. The third kappa shape index (κ3) is 5.57. The van der Waals surface area contributed by atoms with E-state index in [1.807, 2.05) is 30.5 Å².